The number of carbonyl (C=O) groups is 2. The molecular formula is C16H19FN2O2. The van der Waals surface area contributed by atoms with Crippen molar-refractivity contribution in [1.82, 2.24) is 9.80 Å². The van der Waals surface area contributed by atoms with Crippen molar-refractivity contribution in [1.29, 1.82) is 0 Å². The molecule has 1 aromatic rings. The molecule has 2 aliphatic heterocycles. The van der Waals surface area contributed by atoms with Gasteiger partial charge in [-0.05, 0) is 25.3 Å². The van der Waals surface area contributed by atoms with Gasteiger partial charge < -0.3 is 9.80 Å². The van der Waals surface area contributed by atoms with E-state index in [4.69, 9.17) is 0 Å². The molecule has 112 valence electrons. The number of benzene rings is 1. The highest BCUT2D eigenvalue weighted by Crippen LogP contribution is 2.29. The van der Waals surface area contributed by atoms with Crippen molar-refractivity contribution >= 4 is 11.8 Å². The molecule has 2 aliphatic rings. The fourth-order valence-electron chi connectivity index (χ4n) is 3.35. The molecule has 0 radical (unpaired) electrons. The number of carbonyl (C=O) groups excluding carboxylic acids is 2. The first-order valence-corrected chi connectivity index (χ1v) is 7.48. The molecule has 2 heterocycles. The lowest BCUT2D eigenvalue weighted by Gasteiger charge is -2.42. The molecule has 0 saturated carbocycles. The molecule has 2 fully saturated rings. The van der Waals surface area contributed by atoms with E-state index >= 15 is 0 Å². The molecule has 3 rings (SSSR count). The van der Waals surface area contributed by atoms with Crippen LogP contribution in [0.15, 0.2) is 24.3 Å². The van der Waals surface area contributed by atoms with Crippen molar-refractivity contribution in [3.63, 3.8) is 0 Å². The summed E-state index contributed by atoms with van der Waals surface area (Å²) >= 11 is 0. The third-order valence-electron chi connectivity index (χ3n) is 4.45. The second kappa shape index (κ2) is 5.47. The summed E-state index contributed by atoms with van der Waals surface area (Å²) < 4.78 is 13.8. The van der Waals surface area contributed by atoms with Crippen molar-refractivity contribution < 1.29 is 14.0 Å². The zero-order valence-corrected chi connectivity index (χ0v) is 12.1. The zero-order chi connectivity index (χ0) is 15.0. The quantitative estimate of drug-likeness (QED) is 0.853. The lowest BCUT2D eigenvalue weighted by Crippen LogP contribution is -2.62. The van der Waals surface area contributed by atoms with Crippen LogP contribution in [0.1, 0.15) is 31.7 Å². The molecule has 2 amide bonds. The molecule has 2 saturated heterocycles. The zero-order valence-electron chi connectivity index (χ0n) is 12.1. The van der Waals surface area contributed by atoms with Gasteiger partial charge >= 0.3 is 0 Å². The summed E-state index contributed by atoms with van der Waals surface area (Å²) in [6.45, 7) is 2.72. The van der Waals surface area contributed by atoms with Crippen LogP contribution >= 0.6 is 0 Å². The maximum Gasteiger partial charge on any atom is 0.246 e. The van der Waals surface area contributed by atoms with Gasteiger partial charge in [-0.3, -0.25) is 9.59 Å². The van der Waals surface area contributed by atoms with Crippen molar-refractivity contribution in [3.8, 4) is 0 Å². The number of hydrogen-bond acceptors (Lipinski definition) is 2. The number of hydrogen-bond donors (Lipinski definition) is 0. The predicted molar refractivity (Wildman–Crippen MR) is 75.8 cm³/mol. The molecule has 1 aromatic carbocycles. The van der Waals surface area contributed by atoms with E-state index in [1.807, 2.05) is 6.92 Å². The number of rotatable bonds is 3. The smallest absolute Gasteiger partial charge is 0.246 e. The Morgan fingerprint density at radius 1 is 1.24 bits per heavy atom. The molecule has 2 unspecified atom stereocenters. The highest BCUT2D eigenvalue weighted by atomic mass is 19.1. The molecule has 2 atom stereocenters. The second-order valence-corrected chi connectivity index (χ2v) is 5.67. The van der Waals surface area contributed by atoms with Crippen LogP contribution in [0.5, 0.6) is 0 Å². The number of piperazine rings is 1. The number of nitrogens with zero attached hydrogens (tertiary/aromatic N) is 2. The maximum absolute atomic E-state index is 13.8. The summed E-state index contributed by atoms with van der Waals surface area (Å²) in [5, 5.41) is 0. The van der Waals surface area contributed by atoms with Gasteiger partial charge in [0.25, 0.3) is 0 Å². The Balaban J connectivity index is 1.90. The third kappa shape index (κ3) is 2.30. The van der Waals surface area contributed by atoms with Crippen LogP contribution in [-0.4, -0.2) is 40.2 Å². The maximum atomic E-state index is 13.8. The largest absolute Gasteiger partial charge is 0.329 e. The van der Waals surface area contributed by atoms with Crippen LogP contribution < -0.4 is 0 Å². The average Bonchev–Trinajstić information content (AvgIpc) is 2.97. The Bertz CT molecular complexity index is 575. The Labute approximate surface area is 123 Å². The molecular weight excluding hydrogens is 271 g/mol. The van der Waals surface area contributed by atoms with Gasteiger partial charge in [-0.1, -0.05) is 25.1 Å². The van der Waals surface area contributed by atoms with Crippen LogP contribution in [0.4, 0.5) is 4.39 Å². The third-order valence-corrected chi connectivity index (χ3v) is 4.45. The number of halogens is 1. The minimum atomic E-state index is -0.466. The van der Waals surface area contributed by atoms with Crippen molar-refractivity contribution in [2.45, 2.75) is 44.8 Å². The summed E-state index contributed by atoms with van der Waals surface area (Å²) in [6, 6.07) is 5.61. The van der Waals surface area contributed by atoms with Crippen LogP contribution in [0.25, 0.3) is 0 Å². The average molecular weight is 290 g/mol. The Kier molecular flexibility index (Phi) is 3.66. The van der Waals surface area contributed by atoms with Crippen molar-refractivity contribution in [3.05, 3.63) is 35.6 Å². The van der Waals surface area contributed by atoms with E-state index in [-0.39, 0.29) is 30.2 Å². The molecule has 21 heavy (non-hydrogen) atoms. The van der Waals surface area contributed by atoms with Gasteiger partial charge in [0.2, 0.25) is 11.8 Å². The van der Waals surface area contributed by atoms with E-state index in [0.29, 0.717) is 18.5 Å². The van der Waals surface area contributed by atoms with E-state index in [1.54, 1.807) is 28.0 Å². The fourth-order valence-corrected chi connectivity index (χ4v) is 3.35. The lowest BCUT2D eigenvalue weighted by molar-refractivity contribution is -0.160. The predicted octanol–water partition coefficient (Wildman–Crippen LogP) is 1.94. The molecule has 4 nitrogen and oxygen atoms in total. The highest BCUT2D eigenvalue weighted by molar-refractivity contribution is 5.97. The van der Waals surface area contributed by atoms with Crippen LogP contribution in [0.2, 0.25) is 0 Å². The first-order chi connectivity index (χ1) is 10.1. The molecule has 5 heteroatoms. The van der Waals surface area contributed by atoms with Gasteiger partial charge in [-0.25, -0.2) is 4.39 Å². The van der Waals surface area contributed by atoms with E-state index < -0.39 is 6.04 Å². The standard InChI is InChI=1S/C16H19FN2O2/c1-2-13-15(20)18-9-5-8-14(18)16(21)19(13)10-11-6-3-4-7-12(11)17/h3-4,6-7,13-14H,2,5,8-10H2,1H3. The summed E-state index contributed by atoms with van der Waals surface area (Å²) in [4.78, 5) is 28.4. The topological polar surface area (TPSA) is 40.6 Å². The molecule has 0 spiro atoms. The summed E-state index contributed by atoms with van der Waals surface area (Å²) in [7, 11) is 0. The Morgan fingerprint density at radius 2 is 2.00 bits per heavy atom. The van der Waals surface area contributed by atoms with Crippen LogP contribution in [-0.2, 0) is 16.1 Å². The first-order valence-electron chi connectivity index (χ1n) is 7.48. The summed E-state index contributed by atoms with van der Waals surface area (Å²) in [6.07, 6.45) is 2.14. The van der Waals surface area contributed by atoms with Gasteiger partial charge in [-0.2, -0.15) is 0 Å². The minimum Gasteiger partial charge on any atom is -0.329 e. The van der Waals surface area contributed by atoms with Gasteiger partial charge in [0.05, 0.1) is 0 Å². The van der Waals surface area contributed by atoms with Crippen LogP contribution in [0.3, 0.4) is 0 Å². The first kappa shape index (κ1) is 14.0. The van der Waals surface area contributed by atoms with E-state index in [9.17, 15) is 14.0 Å². The minimum absolute atomic E-state index is 0.0101. The SMILES string of the molecule is CCC1C(=O)N2CCCC2C(=O)N1Cc1ccccc1F. The van der Waals surface area contributed by atoms with Crippen LogP contribution in [0, 0.1) is 5.82 Å². The number of fused-ring (bicyclic) bond motifs is 1. The summed E-state index contributed by atoms with van der Waals surface area (Å²) in [5.41, 5.74) is 0.462. The summed E-state index contributed by atoms with van der Waals surface area (Å²) in [5.74, 6) is -0.361. The Morgan fingerprint density at radius 3 is 2.71 bits per heavy atom. The highest BCUT2D eigenvalue weighted by Gasteiger charge is 2.46. The monoisotopic (exact) mass is 290 g/mol. The molecule has 0 aliphatic carbocycles. The Hall–Kier alpha value is -1.91. The van der Waals surface area contributed by atoms with E-state index in [2.05, 4.69) is 0 Å². The van der Waals surface area contributed by atoms with Gasteiger partial charge in [0.15, 0.2) is 0 Å². The van der Waals surface area contributed by atoms with Gasteiger partial charge in [-0.15, -0.1) is 0 Å². The normalized spacial score (nSPS) is 25.4. The van der Waals surface area contributed by atoms with Crippen molar-refractivity contribution in [2.24, 2.45) is 0 Å². The second-order valence-electron chi connectivity index (χ2n) is 5.67. The molecule has 0 aromatic heterocycles. The lowest BCUT2D eigenvalue weighted by atomic mass is 10.0. The van der Waals surface area contributed by atoms with E-state index in [1.165, 1.54) is 6.07 Å². The molecule has 0 bridgehead atoms. The fraction of sp³-hybridized carbons (Fsp3) is 0.500. The van der Waals surface area contributed by atoms with Crippen molar-refractivity contribution in [2.75, 3.05) is 6.54 Å². The van der Waals surface area contributed by atoms with Gasteiger partial charge in [0, 0.05) is 18.7 Å². The molecule has 0 N–H and O–H groups in total. The van der Waals surface area contributed by atoms with E-state index in [0.717, 1.165) is 12.8 Å². The van der Waals surface area contributed by atoms with Gasteiger partial charge in [0.1, 0.15) is 17.9 Å². The number of amides is 2.